The van der Waals surface area contributed by atoms with Crippen LogP contribution in [0.25, 0.3) is 0 Å². The summed E-state index contributed by atoms with van der Waals surface area (Å²) in [6.45, 7) is 6.16. The van der Waals surface area contributed by atoms with Crippen molar-refractivity contribution >= 4 is 11.9 Å². The quantitative estimate of drug-likeness (QED) is 0.808. The number of carboxylic acid groups (broad SMARTS) is 1. The third-order valence-electron chi connectivity index (χ3n) is 3.66. The second-order valence-corrected chi connectivity index (χ2v) is 6.07. The molecule has 1 aliphatic rings. The van der Waals surface area contributed by atoms with Gasteiger partial charge in [0, 0.05) is 6.04 Å². The molecule has 1 amide bonds. The first-order valence-corrected chi connectivity index (χ1v) is 7.73. The number of hydrogen-bond donors (Lipinski definition) is 2. The zero-order valence-electron chi connectivity index (χ0n) is 14.0. The van der Waals surface area contributed by atoms with Crippen LogP contribution >= 0.6 is 0 Å². The number of amides is 1. The highest BCUT2D eigenvalue weighted by atomic mass is 19.4. The second kappa shape index (κ2) is 9.47. The van der Waals surface area contributed by atoms with Crippen LogP contribution in [-0.2, 0) is 9.59 Å². The lowest BCUT2D eigenvalue weighted by Gasteiger charge is -2.29. The molecule has 138 valence electrons. The summed E-state index contributed by atoms with van der Waals surface area (Å²) in [7, 11) is 0. The number of likely N-dealkylation sites (tertiary alicyclic amines) is 1. The van der Waals surface area contributed by atoms with Gasteiger partial charge < -0.3 is 15.7 Å². The minimum absolute atomic E-state index is 0.0467. The molecule has 0 saturated carbocycles. The molecule has 0 spiro atoms. The van der Waals surface area contributed by atoms with Crippen LogP contribution in [0.4, 0.5) is 13.2 Å². The van der Waals surface area contributed by atoms with E-state index in [4.69, 9.17) is 20.9 Å². The third-order valence-corrected chi connectivity index (χ3v) is 3.66. The molecular formula is C15H24F3N3O3. The highest BCUT2D eigenvalue weighted by molar-refractivity contribution is 5.83. The van der Waals surface area contributed by atoms with Gasteiger partial charge in [0.25, 0.3) is 0 Å². The smallest absolute Gasteiger partial charge is 0.475 e. The summed E-state index contributed by atoms with van der Waals surface area (Å²) in [5.74, 6) is -2.40. The summed E-state index contributed by atoms with van der Waals surface area (Å²) >= 11 is 0. The van der Waals surface area contributed by atoms with E-state index in [1.807, 2.05) is 0 Å². The first kappa shape index (κ1) is 22.2. The maximum absolute atomic E-state index is 12.3. The van der Waals surface area contributed by atoms with Crippen molar-refractivity contribution in [3.05, 3.63) is 0 Å². The van der Waals surface area contributed by atoms with Gasteiger partial charge in [0.2, 0.25) is 5.91 Å². The molecule has 0 bridgehead atoms. The van der Waals surface area contributed by atoms with Crippen LogP contribution in [0.15, 0.2) is 0 Å². The molecular weight excluding hydrogens is 327 g/mol. The Kier molecular flexibility index (Phi) is 8.75. The van der Waals surface area contributed by atoms with Gasteiger partial charge in [0.15, 0.2) is 0 Å². The molecule has 6 nitrogen and oxygen atoms in total. The molecule has 0 aromatic rings. The van der Waals surface area contributed by atoms with E-state index in [9.17, 15) is 18.0 Å². The number of carbonyl (C=O) groups is 2. The molecule has 24 heavy (non-hydrogen) atoms. The molecule has 9 heteroatoms. The van der Waals surface area contributed by atoms with Gasteiger partial charge in [-0.25, -0.2) is 4.79 Å². The monoisotopic (exact) mass is 351 g/mol. The van der Waals surface area contributed by atoms with Crippen molar-refractivity contribution in [1.82, 2.24) is 4.90 Å². The van der Waals surface area contributed by atoms with Crippen LogP contribution in [0.3, 0.4) is 0 Å². The Hall–Kier alpha value is -1.82. The Morgan fingerprint density at radius 3 is 2.21 bits per heavy atom. The topological polar surface area (TPSA) is 107 Å². The van der Waals surface area contributed by atoms with Crippen molar-refractivity contribution in [1.29, 1.82) is 5.26 Å². The van der Waals surface area contributed by atoms with Crippen molar-refractivity contribution in [2.24, 2.45) is 11.7 Å². The summed E-state index contributed by atoms with van der Waals surface area (Å²) < 4.78 is 31.7. The minimum Gasteiger partial charge on any atom is -0.475 e. The van der Waals surface area contributed by atoms with E-state index >= 15 is 0 Å². The number of nitrogens with zero attached hydrogens (tertiary/aromatic N) is 2. The summed E-state index contributed by atoms with van der Waals surface area (Å²) in [4.78, 5) is 22.9. The number of hydrogen-bond acceptors (Lipinski definition) is 4. The summed E-state index contributed by atoms with van der Waals surface area (Å²) in [6.07, 6.45) is -1.79. The van der Waals surface area contributed by atoms with Crippen molar-refractivity contribution in [3.8, 4) is 6.07 Å². The number of carboxylic acids is 1. The zero-order chi connectivity index (χ0) is 19.1. The molecule has 3 atom stereocenters. The van der Waals surface area contributed by atoms with E-state index in [2.05, 4.69) is 26.8 Å². The highest BCUT2D eigenvalue weighted by Crippen LogP contribution is 2.27. The van der Waals surface area contributed by atoms with Gasteiger partial charge in [-0.2, -0.15) is 18.4 Å². The van der Waals surface area contributed by atoms with E-state index in [0.717, 1.165) is 19.3 Å². The fourth-order valence-corrected chi connectivity index (χ4v) is 2.54. The van der Waals surface area contributed by atoms with Crippen molar-refractivity contribution < 1.29 is 27.9 Å². The Morgan fingerprint density at radius 2 is 1.88 bits per heavy atom. The molecule has 3 N–H and O–H groups in total. The molecule has 0 radical (unpaired) electrons. The van der Waals surface area contributed by atoms with E-state index < -0.39 is 18.2 Å². The fraction of sp³-hybridized carbons (Fsp3) is 0.800. The first-order valence-electron chi connectivity index (χ1n) is 7.73. The largest absolute Gasteiger partial charge is 0.490 e. The molecule has 0 unspecified atom stereocenters. The van der Waals surface area contributed by atoms with Crippen LogP contribution < -0.4 is 5.73 Å². The maximum Gasteiger partial charge on any atom is 0.490 e. The molecule has 1 fully saturated rings. The number of nitriles is 1. The lowest BCUT2D eigenvalue weighted by molar-refractivity contribution is -0.192. The Balaban J connectivity index is 0.000000640. The number of nitrogens with two attached hydrogens (primary N) is 1. The van der Waals surface area contributed by atoms with Gasteiger partial charge in [0.05, 0.1) is 12.1 Å². The number of alkyl halides is 3. The average Bonchev–Trinajstić information content (AvgIpc) is 2.88. The lowest BCUT2D eigenvalue weighted by Crippen LogP contribution is -2.49. The van der Waals surface area contributed by atoms with E-state index in [1.54, 1.807) is 4.90 Å². The van der Waals surface area contributed by atoms with Crippen LogP contribution in [0.1, 0.15) is 46.5 Å². The van der Waals surface area contributed by atoms with Crippen LogP contribution in [-0.4, -0.2) is 46.2 Å². The Labute approximate surface area is 139 Å². The zero-order valence-corrected chi connectivity index (χ0v) is 14.0. The van der Waals surface area contributed by atoms with Crippen LogP contribution in [0.2, 0.25) is 0 Å². The predicted molar refractivity (Wildman–Crippen MR) is 80.7 cm³/mol. The minimum atomic E-state index is -5.08. The Bertz CT molecular complexity index is 475. The van der Waals surface area contributed by atoms with Gasteiger partial charge in [-0.3, -0.25) is 4.79 Å². The van der Waals surface area contributed by atoms with E-state index in [-0.39, 0.29) is 18.0 Å². The maximum atomic E-state index is 12.3. The second-order valence-electron chi connectivity index (χ2n) is 6.07. The average molecular weight is 351 g/mol. The SMILES string of the molecule is CC[C@H]1CC[C@@H](C#N)N1C(=O)[C@@H](N)CC(C)C.O=C(O)C(F)(F)F. The molecule has 0 aliphatic carbocycles. The van der Waals surface area contributed by atoms with Crippen LogP contribution in [0, 0.1) is 17.2 Å². The van der Waals surface area contributed by atoms with Gasteiger partial charge >= 0.3 is 12.1 Å². The lowest BCUT2D eigenvalue weighted by atomic mass is 10.0. The number of rotatable bonds is 4. The highest BCUT2D eigenvalue weighted by Gasteiger charge is 2.38. The number of aliphatic carboxylic acids is 1. The summed E-state index contributed by atoms with van der Waals surface area (Å²) in [6, 6.07) is 1.68. The molecule has 1 saturated heterocycles. The first-order chi connectivity index (χ1) is 10.9. The number of halogens is 3. The van der Waals surface area contributed by atoms with Crippen molar-refractivity contribution in [3.63, 3.8) is 0 Å². The third kappa shape index (κ3) is 6.74. The van der Waals surface area contributed by atoms with Gasteiger partial charge in [-0.15, -0.1) is 0 Å². The van der Waals surface area contributed by atoms with Crippen LogP contribution in [0.5, 0.6) is 0 Å². The standard InChI is InChI=1S/C13H23N3O.C2HF3O2/c1-4-10-5-6-11(8-14)16(10)13(17)12(15)7-9(2)3;3-2(4,5)1(6)7/h9-12H,4-7,15H2,1-3H3;(H,6,7)/t10-,11-,12-;/m0./s1. The van der Waals surface area contributed by atoms with E-state index in [0.29, 0.717) is 12.3 Å². The predicted octanol–water partition coefficient (Wildman–Crippen LogP) is 2.29. The van der Waals surface area contributed by atoms with Crippen molar-refractivity contribution in [2.45, 2.75) is 70.8 Å². The number of carbonyl (C=O) groups excluding carboxylic acids is 1. The van der Waals surface area contributed by atoms with Crippen molar-refractivity contribution in [2.75, 3.05) is 0 Å². The molecule has 0 aromatic carbocycles. The normalized spacial score (nSPS) is 21.7. The van der Waals surface area contributed by atoms with Gasteiger partial charge in [-0.1, -0.05) is 20.8 Å². The molecule has 0 aromatic heterocycles. The molecule has 1 aliphatic heterocycles. The Morgan fingerprint density at radius 1 is 1.38 bits per heavy atom. The molecule has 1 rings (SSSR count). The fourth-order valence-electron chi connectivity index (χ4n) is 2.54. The van der Waals surface area contributed by atoms with Gasteiger partial charge in [0.1, 0.15) is 6.04 Å². The van der Waals surface area contributed by atoms with Gasteiger partial charge in [-0.05, 0) is 31.6 Å². The summed E-state index contributed by atoms with van der Waals surface area (Å²) in [5, 5.41) is 16.2. The van der Waals surface area contributed by atoms with E-state index in [1.165, 1.54) is 0 Å². The summed E-state index contributed by atoms with van der Waals surface area (Å²) in [5.41, 5.74) is 5.93. The molecule has 1 heterocycles.